The van der Waals surface area contributed by atoms with Crippen LogP contribution < -0.4 is 5.73 Å². The van der Waals surface area contributed by atoms with Crippen molar-refractivity contribution in [2.45, 2.75) is 38.7 Å². The Kier molecular flexibility index (Phi) is 2.61. The van der Waals surface area contributed by atoms with Gasteiger partial charge in [0.2, 0.25) is 0 Å². The summed E-state index contributed by atoms with van der Waals surface area (Å²) in [4.78, 5) is 0. The molecule has 0 saturated carbocycles. The second kappa shape index (κ2) is 3.65. The Morgan fingerprint density at radius 1 is 1.67 bits per heavy atom. The number of nitrogens with two attached hydrogens (primary N) is 1. The molecular weight excluding hydrogens is 190 g/mol. The van der Waals surface area contributed by atoms with Gasteiger partial charge in [-0.25, -0.2) is 0 Å². The van der Waals surface area contributed by atoms with Crippen molar-refractivity contribution in [3.8, 4) is 0 Å². The second-order valence-corrected chi connectivity index (χ2v) is 4.47. The van der Waals surface area contributed by atoms with Gasteiger partial charge in [0.25, 0.3) is 0 Å². The Labute approximate surface area is 90.3 Å². The van der Waals surface area contributed by atoms with Gasteiger partial charge in [0, 0.05) is 18.4 Å². The molecule has 3 nitrogen and oxygen atoms in total. The van der Waals surface area contributed by atoms with Gasteiger partial charge in [0.15, 0.2) is 0 Å². The van der Waals surface area contributed by atoms with Crippen LogP contribution in [0.25, 0.3) is 0 Å². The van der Waals surface area contributed by atoms with E-state index in [-0.39, 0.29) is 5.92 Å². The van der Waals surface area contributed by atoms with Crippen molar-refractivity contribution in [2.75, 3.05) is 6.54 Å². The molecule has 0 saturated heterocycles. The zero-order valence-corrected chi connectivity index (χ0v) is 9.42. The minimum Gasteiger partial charge on any atom is -0.466 e. The first-order valence-corrected chi connectivity index (χ1v) is 5.66. The van der Waals surface area contributed by atoms with Gasteiger partial charge in [-0.05, 0) is 24.9 Å². The van der Waals surface area contributed by atoms with E-state index in [1.165, 1.54) is 0 Å². The molecule has 1 aliphatic carbocycles. The maximum Gasteiger partial charge on any atom is 0.110 e. The van der Waals surface area contributed by atoms with Crippen LogP contribution >= 0.6 is 0 Å². The fourth-order valence-corrected chi connectivity index (χ4v) is 2.49. The lowest BCUT2D eigenvalue weighted by molar-refractivity contribution is -0.0102. The Hall–Kier alpha value is -0.800. The number of furan rings is 1. The van der Waals surface area contributed by atoms with E-state index in [0.29, 0.717) is 13.0 Å². The van der Waals surface area contributed by atoms with E-state index in [1.807, 2.05) is 6.07 Å². The minimum atomic E-state index is -0.763. The predicted octanol–water partition coefficient (Wildman–Crippen LogP) is 1.57. The Morgan fingerprint density at radius 2 is 2.40 bits per heavy atom. The van der Waals surface area contributed by atoms with Crippen molar-refractivity contribution in [1.82, 2.24) is 0 Å². The molecule has 84 valence electrons. The summed E-state index contributed by atoms with van der Waals surface area (Å²) in [7, 11) is 0. The molecule has 1 aromatic rings. The highest BCUT2D eigenvalue weighted by Gasteiger charge is 2.44. The summed E-state index contributed by atoms with van der Waals surface area (Å²) in [5.74, 6) is 2.12. The normalized spacial score (nSPS) is 29.5. The molecule has 2 rings (SSSR count). The standard InChI is InChI=1S/C12H19NO2/c1-3-9-7-10-11(15-9)6-8(2)12(10,14)4-5-13/h7-8,14H,3-6,13H2,1-2H3. The monoisotopic (exact) mass is 209 g/mol. The van der Waals surface area contributed by atoms with E-state index < -0.39 is 5.60 Å². The van der Waals surface area contributed by atoms with E-state index in [1.54, 1.807) is 0 Å². The average Bonchev–Trinajstić information content (AvgIpc) is 2.69. The maximum absolute atomic E-state index is 10.6. The summed E-state index contributed by atoms with van der Waals surface area (Å²) in [6, 6.07) is 1.99. The van der Waals surface area contributed by atoms with Gasteiger partial charge in [-0.1, -0.05) is 13.8 Å². The predicted molar refractivity (Wildman–Crippen MR) is 58.5 cm³/mol. The molecule has 3 N–H and O–H groups in total. The molecule has 2 unspecified atom stereocenters. The highest BCUT2D eigenvalue weighted by molar-refractivity contribution is 5.34. The molecule has 1 aromatic heterocycles. The molecule has 1 aliphatic rings. The molecule has 1 heterocycles. The van der Waals surface area contributed by atoms with Crippen molar-refractivity contribution in [2.24, 2.45) is 11.7 Å². The zero-order chi connectivity index (χ0) is 11.1. The highest BCUT2D eigenvalue weighted by atomic mass is 16.3. The number of rotatable bonds is 3. The van der Waals surface area contributed by atoms with Crippen molar-refractivity contribution < 1.29 is 9.52 Å². The molecule has 0 radical (unpaired) electrons. The van der Waals surface area contributed by atoms with Crippen LogP contribution in [0, 0.1) is 5.92 Å². The summed E-state index contributed by atoms with van der Waals surface area (Å²) < 4.78 is 5.69. The molecule has 3 heteroatoms. The van der Waals surface area contributed by atoms with Crippen LogP contribution in [0.2, 0.25) is 0 Å². The molecule has 2 atom stereocenters. The SMILES string of the molecule is CCc1cc2c(o1)CC(C)C2(O)CCN. The van der Waals surface area contributed by atoms with E-state index in [9.17, 15) is 5.11 Å². The lowest BCUT2D eigenvalue weighted by Crippen LogP contribution is -2.32. The van der Waals surface area contributed by atoms with Crippen molar-refractivity contribution in [3.05, 3.63) is 23.2 Å². The van der Waals surface area contributed by atoms with E-state index in [4.69, 9.17) is 10.2 Å². The molecule has 0 spiro atoms. The van der Waals surface area contributed by atoms with Crippen LogP contribution in [-0.4, -0.2) is 11.7 Å². The van der Waals surface area contributed by atoms with Crippen LogP contribution in [0.3, 0.4) is 0 Å². The lowest BCUT2D eigenvalue weighted by Gasteiger charge is -2.27. The average molecular weight is 209 g/mol. The second-order valence-electron chi connectivity index (χ2n) is 4.47. The first-order chi connectivity index (χ1) is 7.11. The summed E-state index contributed by atoms with van der Waals surface area (Å²) in [6.45, 7) is 4.61. The fraction of sp³-hybridized carbons (Fsp3) is 0.667. The summed E-state index contributed by atoms with van der Waals surface area (Å²) in [5.41, 5.74) is 5.77. The third-order valence-corrected chi connectivity index (χ3v) is 3.51. The van der Waals surface area contributed by atoms with Crippen LogP contribution in [0.15, 0.2) is 10.5 Å². The molecule has 0 aromatic carbocycles. The van der Waals surface area contributed by atoms with Crippen LogP contribution in [0.1, 0.15) is 37.4 Å². The van der Waals surface area contributed by atoms with Crippen LogP contribution in [0.4, 0.5) is 0 Å². The quantitative estimate of drug-likeness (QED) is 0.794. The maximum atomic E-state index is 10.6. The van der Waals surface area contributed by atoms with Gasteiger partial charge in [0.1, 0.15) is 11.5 Å². The minimum absolute atomic E-state index is 0.209. The number of fused-ring (bicyclic) bond motifs is 1. The van der Waals surface area contributed by atoms with Crippen LogP contribution in [0.5, 0.6) is 0 Å². The summed E-state index contributed by atoms with van der Waals surface area (Å²) >= 11 is 0. The van der Waals surface area contributed by atoms with Crippen LogP contribution in [-0.2, 0) is 18.4 Å². The Morgan fingerprint density at radius 3 is 3.00 bits per heavy atom. The summed E-state index contributed by atoms with van der Waals surface area (Å²) in [6.07, 6.45) is 2.32. The highest BCUT2D eigenvalue weighted by Crippen LogP contribution is 2.44. The first kappa shape index (κ1) is 10.7. The lowest BCUT2D eigenvalue weighted by atomic mass is 9.85. The van der Waals surface area contributed by atoms with Gasteiger partial charge in [-0.2, -0.15) is 0 Å². The largest absolute Gasteiger partial charge is 0.466 e. The van der Waals surface area contributed by atoms with Gasteiger partial charge in [-0.15, -0.1) is 0 Å². The molecule has 0 amide bonds. The third-order valence-electron chi connectivity index (χ3n) is 3.51. The molecule has 0 bridgehead atoms. The summed E-state index contributed by atoms with van der Waals surface area (Å²) in [5, 5.41) is 10.6. The van der Waals surface area contributed by atoms with Crippen molar-refractivity contribution in [3.63, 3.8) is 0 Å². The van der Waals surface area contributed by atoms with E-state index >= 15 is 0 Å². The third kappa shape index (κ3) is 1.50. The smallest absolute Gasteiger partial charge is 0.110 e. The number of aryl methyl sites for hydroxylation is 1. The first-order valence-electron chi connectivity index (χ1n) is 5.66. The number of hydrogen-bond acceptors (Lipinski definition) is 3. The molecular formula is C12H19NO2. The molecule has 15 heavy (non-hydrogen) atoms. The van der Waals surface area contributed by atoms with Gasteiger partial charge >= 0.3 is 0 Å². The van der Waals surface area contributed by atoms with Gasteiger partial charge in [-0.3, -0.25) is 0 Å². The van der Waals surface area contributed by atoms with Gasteiger partial charge in [0.05, 0.1) is 5.60 Å². The van der Waals surface area contributed by atoms with Gasteiger partial charge < -0.3 is 15.3 Å². The molecule has 0 aliphatic heterocycles. The van der Waals surface area contributed by atoms with E-state index in [2.05, 4.69) is 13.8 Å². The molecule has 0 fully saturated rings. The number of hydrogen-bond donors (Lipinski definition) is 2. The zero-order valence-electron chi connectivity index (χ0n) is 9.42. The Balaban J connectivity index is 2.38. The van der Waals surface area contributed by atoms with Crippen molar-refractivity contribution >= 4 is 0 Å². The van der Waals surface area contributed by atoms with Crippen molar-refractivity contribution in [1.29, 1.82) is 0 Å². The van der Waals surface area contributed by atoms with E-state index in [0.717, 1.165) is 29.9 Å². The number of aliphatic hydroxyl groups is 1. The fourth-order valence-electron chi connectivity index (χ4n) is 2.49. The topological polar surface area (TPSA) is 59.4 Å². The Bertz CT molecular complexity index is 359.